The second-order valence-electron chi connectivity index (χ2n) is 3.16. The monoisotopic (exact) mass is 219 g/mol. The van der Waals surface area contributed by atoms with Crippen molar-refractivity contribution in [2.75, 3.05) is 32.2 Å². The summed E-state index contributed by atoms with van der Waals surface area (Å²) >= 11 is 1.90. The molecule has 14 heavy (non-hydrogen) atoms. The first kappa shape index (κ1) is 13.8. The summed E-state index contributed by atoms with van der Waals surface area (Å²) in [7, 11) is 1.41. The maximum Gasteiger partial charge on any atom is 0.319 e. The summed E-state index contributed by atoms with van der Waals surface area (Å²) in [5.41, 5.74) is 0. The molecule has 0 rings (SSSR count). The average molecular weight is 219 g/mol. The van der Waals surface area contributed by atoms with Gasteiger partial charge in [0.2, 0.25) is 0 Å². The lowest BCUT2D eigenvalue weighted by Crippen LogP contribution is -2.24. The van der Waals surface area contributed by atoms with Crippen LogP contribution in [0.1, 0.15) is 25.7 Å². The number of methoxy groups -OCH3 is 1. The first-order chi connectivity index (χ1) is 6.81. The van der Waals surface area contributed by atoms with Crippen LogP contribution < -0.4 is 5.32 Å². The van der Waals surface area contributed by atoms with E-state index in [4.69, 9.17) is 0 Å². The van der Waals surface area contributed by atoms with Gasteiger partial charge in [-0.25, -0.2) is 0 Å². The van der Waals surface area contributed by atoms with Gasteiger partial charge in [0.1, 0.15) is 0 Å². The smallest absolute Gasteiger partial charge is 0.319 e. The van der Waals surface area contributed by atoms with Crippen LogP contribution in [-0.2, 0) is 9.53 Å². The molecular formula is C10H21NO2S. The molecule has 0 aromatic heterocycles. The van der Waals surface area contributed by atoms with Crippen molar-refractivity contribution in [3.05, 3.63) is 0 Å². The summed E-state index contributed by atoms with van der Waals surface area (Å²) in [5, 5.41) is 3.05. The zero-order valence-corrected chi connectivity index (χ0v) is 9.99. The van der Waals surface area contributed by atoms with Crippen LogP contribution in [0.5, 0.6) is 0 Å². The Labute approximate surface area is 91.0 Å². The Balaban J connectivity index is 2.95. The lowest BCUT2D eigenvalue weighted by Gasteiger charge is -2.03. The quantitative estimate of drug-likeness (QED) is 0.473. The van der Waals surface area contributed by atoms with Gasteiger partial charge < -0.3 is 10.1 Å². The van der Waals surface area contributed by atoms with Crippen molar-refractivity contribution in [1.82, 2.24) is 5.32 Å². The molecule has 0 atom stereocenters. The number of unbranched alkanes of at least 4 members (excludes halogenated alkanes) is 3. The van der Waals surface area contributed by atoms with Gasteiger partial charge in [0.15, 0.2) is 0 Å². The van der Waals surface area contributed by atoms with Crippen LogP contribution >= 0.6 is 11.8 Å². The Morgan fingerprint density at radius 2 is 2.00 bits per heavy atom. The molecule has 0 aliphatic heterocycles. The SMILES string of the molecule is COC(=O)CNCCCCCCSC. The van der Waals surface area contributed by atoms with Crippen LogP contribution in [-0.4, -0.2) is 38.2 Å². The molecule has 0 aliphatic rings. The molecule has 1 N–H and O–H groups in total. The second-order valence-corrected chi connectivity index (χ2v) is 4.15. The number of hydrogen-bond acceptors (Lipinski definition) is 4. The molecule has 0 aromatic carbocycles. The van der Waals surface area contributed by atoms with Crippen LogP contribution in [0.25, 0.3) is 0 Å². The summed E-state index contributed by atoms with van der Waals surface area (Å²) in [4.78, 5) is 10.7. The molecule has 0 saturated carbocycles. The van der Waals surface area contributed by atoms with Crippen molar-refractivity contribution in [2.24, 2.45) is 0 Å². The second kappa shape index (κ2) is 10.9. The predicted octanol–water partition coefficient (Wildman–Crippen LogP) is 1.67. The molecule has 0 saturated heterocycles. The van der Waals surface area contributed by atoms with Gasteiger partial charge in [-0.05, 0) is 31.4 Å². The van der Waals surface area contributed by atoms with E-state index >= 15 is 0 Å². The third kappa shape index (κ3) is 9.86. The van der Waals surface area contributed by atoms with E-state index in [9.17, 15) is 4.79 Å². The minimum absolute atomic E-state index is 0.188. The molecule has 0 spiro atoms. The van der Waals surface area contributed by atoms with E-state index in [1.54, 1.807) is 0 Å². The van der Waals surface area contributed by atoms with Crippen molar-refractivity contribution < 1.29 is 9.53 Å². The van der Waals surface area contributed by atoms with Gasteiger partial charge in [-0.3, -0.25) is 4.79 Å². The van der Waals surface area contributed by atoms with Crippen LogP contribution in [0.15, 0.2) is 0 Å². The fourth-order valence-corrected chi connectivity index (χ4v) is 1.61. The van der Waals surface area contributed by atoms with Crippen LogP contribution in [0, 0.1) is 0 Å². The molecule has 0 aromatic rings. The summed E-state index contributed by atoms with van der Waals surface area (Å²) < 4.78 is 4.51. The Bertz CT molecular complexity index is 142. The number of carbonyl (C=O) groups is 1. The predicted molar refractivity (Wildman–Crippen MR) is 61.7 cm³/mol. The highest BCUT2D eigenvalue weighted by Gasteiger charge is 1.97. The van der Waals surface area contributed by atoms with Crippen molar-refractivity contribution in [3.63, 3.8) is 0 Å². The molecule has 0 heterocycles. The molecule has 0 bridgehead atoms. The van der Waals surface area contributed by atoms with E-state index in [0.29, 0.717) is 6.54 Å². The Morgan fingerprint density at radius 3 is 2.64 bits per heavy atom. The van der Waals surface area contributed by atoms with E-state index in [-0.39, 0.29) is 5.97 Å². The summed E-state index contributed by atoms with van der Waals surface area (Å²) in [6.07, 6.45) is 7.12. The first-order valence-corrected chi connectivity index (χ1v) is 6.47. The van der Waals surface area contributed by atoms with Crippen LogP contribution in [0.3, 0.4) is 0 Å². The topological polar surface area (TPSA) is 38.3 Å². The van der Waals surface area contributed by atoms with Gasteiger partial charge in [-0.15, -0.1) is 0 Å². The van der Waals surface area contributed by atoms with E-state index in [0.717, 1.165) is 13.0 Å². The average Bonchev–Trinajstić information content (AvgIpc) is 2.21. The number of esters is 1. The highest BCUT2D eigenvalue weighted by Crippen LogP contribution is 2.03. The molecule has 0 radical (unpaired) electrons. The zero-order chi connectivity index (χ0) is 10.6. The maximum absolute atomic E-state index is 10.7. The largest absolute Gasteiger partial charge is 0.468 e. The zero-order valence-electron chi connectivity index (χ0n) is 9.17. The minimum atomic E-state index is -0.188. The minimum Gasteiger partial charge on any atom is -0.468 e. The number of hydrogen-bond donors (Lipinski definition) is 1. The van der Waals surface area contributed by atoms with Gasteiger partial charge >= 0.3 is 5.97 Å². The Hall–Kier alpha value is -0.220. The third-order valence-corrected chi connectivity index (χ3v) is 2.65. The van der Waals surface area contributed by atoms with Gasteiger partial charge in [0, 0.05) is 0 Å². The lowest BCUT2D eigenvalue weighted by molar-refractivity contribution is -0.139. The van der Waals surface area contributed by atoms with Crippen molar-refractivity contribution >= 4 is 17.7 Å². The van der Waals surface area contributed by atoms with Crippen LogP contribution in [0.4, 0.5) is 0 Å². The molecule has 0 aliphatic carbocycles. The maximum atomic E-state index is 10.7. The van der Waals surface area contributed by atoms with Crippen LogP contribution in [0.2, 0.25) is 0 Å². The Morgan fingerprint density at radius 1 is 1.29 bits per heavy atom. The summed E-state index contributed by atoms with van der Waals surface area (Å²) in [6.45, 7) is 1.25. The van der Waals surface area contributed by atoms with E-state index in [1.165, 1.54) is 32.1 Å². The van der Waals surface area contributed by atoms with E-state index < -0.39 is 0 Å². The molecule has 0 unspecified atom stereocenters. The first-order valence-electron chi connectivity index (χ1n) is 5.07. The highest BCUT2D eigenvalue weighted by atomic mass is 32.2. The summed E-state index contributed by atoms with van der Waals surface area (Å²) in [6, 6.07) is 0. The standard InChI is InChI=1S/C10H21NO2S/c1-13-10(12)9-11-7-5-3-4-6-8-14-2/h11H,3-9H2,1-2H3. The fraction of sp³-hybridized carbons (Fsp3) is 0.900. The lowest BCUT2D eigenvalue weighted by atomic mass is 10.2. The van der Waals surface area contributed by atoms with Crippen molar-refractivity contribution in [3.8, 4) is 0 Å². The summed E-state index contributed by atoms with van der Waals surface area (Å²) in [5.74, 6) is 1.07. The van der Waals surface area contributed by atoms with Crippen molar-refractivity contribution in [1.29, 1.82) is 0 Å². The number of thioether (sulfide) groups is 1. The van der Waals surface area contributed by atoms with E-state index in [1.807, 2.05) is 11.8 Å². The molecule has 84 valence electrons. The third-order valence-electron chi connectivity index (χ3n) is 1.95. The fourth-order valence-electron chi connectivity index (χ4n) is 1.11. The van der Waals surface area contributed by atoms with E-state index in [2.05, 4.69) is 16.3 Å². The van der Waals surface area contributed by atoms with Gasteiger partial charge in [-0.1, -0.05) is 12.8 Å². The number of carbonyl (C=O) groups excluding carboxylic acids is 1. The van der Waals surface area contributed by atoms with Gasteiger partial charge in [0.25, 0.3) is 0 Å². The molecule has 0 amide bonds. The normalized spacial score (nSPS) is 10.1. The molecule has 3 nitrogen and oxygen atoms in total. The van der Waals surface area contributed by atoms with Crippen molar-refractivity contribution in [2.45, 2.75) is 25.7 Å². The van der Waals surface area contributed by atoms with Gasteiger partial charge in [-0.2, -0.15) is 11.8 Å². The number of nitrogens with one attached hydrogen (secondary N) is 1. The molecule has 0 fully saturated rings. The number of rotatable bonds is 9. The Kier molecular flexibility index (Phi) is 10.7. The van der Waals surface area contributed by atoms with Gasteiger partial charge in [0.05, 0.1) is 13.7 Å². The molecule has 4 heteroatoms. The molecular weight excluding hydrogens is 198 g/mol. The highest BCUT2D eigenvalue weighted by molar-refractivity contribution is 7.98. The number of ether oxygens (including phenoxy) is 1.